The number of rotatable bonds is 6. The lowest BCUT2D eigenvalue weighted by Gasteiger charge is -2.36. The molecule has 1 atom stereocenters. The molecular weight excluding hydrogens is 450 g/mol. The molecule has 0 saturated carbocycles. The Balaban J connectivity index is 2.35. The molecule has 0 aromatic heterocycles. The van der Waals surface area contributed by atoms with Gasteiger partial charge in [0.1, 0.15) is 11.5 Å². The van der Waals surface area contributed by atoms with Crippen LogP contribution in [-0.4, -0.2) is 38.7 Å². The van der Waals surface area contributed by atoms with Crippen molar-refractivity contribution in [2.75, 3.05) is 25.7 Å². The summed E-state index contributed by atoms with van der Waals surface area (Å²) >= 11 is 0. The second-order valence-electron chi connectivity index (χ2n) is 7.56. The first-order valence-corrected chi connectivity index (χ1v) is 10.7. The van der Waals surface area contributed by atoms with Gasteiger partial charge in [-0.3, -0.25) is 4.90 Å². The van der Waals surface area contributed by atoms with Crippen LogP contribution in [0.5, 0.6) is 0 Å². The lowest BCUT2D eigenvalue weighted by molar-refractivity contribution is -0.139. The van der Waals surface area contributed by atoms with E-state index in [1.54, 1.807) is 56.3 Å². The van der Waals surface area contributed by atoms with Crippen molar-refractivity contribution in [2.45, 2.75) is 19.8 Å². The van der Waals surface area contributed by atoms with Gasteiger partial charge in [0.05, 0.1) is 55.2 Å². The fourth-order valence-electron chi connectivity index (χ4n) is 4.01. The van der Waals surface area contributed by atoms with Crippen LogP contribution in [0.1, 0.15) is 34.3 Å². The predicted octanol–water partition coefficient (Wildman–Crippen LogP) is 3.07. The summed E-state index contributed by atoms with van der Waals surface area (Å²) in [5.41, 5.74) is 8.05. The number of allylic oxidation sites excluding steroid dienone is 1. The molecule has 9 heteroatoms. The first-order chi connectivity index (χ1) is 16.8. The Hall–Kier alpha value is -4.58. The zero-order chi connectivity index (χ0) is 25.7. The van der Waals surface area contributed by atoms with Crippen molar-refractivity contribution in [1.82, 2.24) is 0 Å². The quantitative estimate of drug-likeness (QED) is 0.494. The van der Waals surface area contributed by atoms with Crippen molar-refractivity contribution < 1.29 is 28.6 Å². The second-order valence-corrected chi connectivity index (χ2v) is 7.56. The zero-order valence-corrected chi connectivity index (χ0v) is 19.8. The molecule has 0 radical (unpaired) electrons. The van der Waals surface area contributed by atoms with E-state index in [4.69, 9.17) is 19.9 Å². The number of nitrogens with zero attached hydrogens (tertiary/aromatic N) is 2. The van der Waals surface area contributed by atoms with Gasteiger partial charge in [-0.2, -0.15) is 5.26 Å². The van der Waals surface area contributed by atoms with Crippen LogP contribution in [0.3, 0.4) is 0 Å². The highest BCUT2D eigenvalue weighted by Crippen LogP contribution is 2.43. The minimum absolute atomic E-state index is 0.0538. The summed E-state index contributed by atoms with van der Waals surface area (Å²) in [6.07, 6.45) is 0. The number of benzene rings is 2. The second kappa shape index (κ2) is 10.6. The van der Waals surface area contributed by atoms with Crippen molar-refractivity contribution in [3.05, 3.63) is 87.9 Å². The fraction of sp³-hybridized carbons (Fsp3) is 0.231. The number of aryl methyl sites for hydroxylation is 1. The molecule has 2 N–H and O–H groups in total. The van der Waals surface area contributed by atoms with E-state index in [0.717, 1.165) is 0 Å². The monoisotopic (exact) mass is 475 g/mol. The third-order valence-corrected chi connectivity index (χ3v) is 5.56. The van der Waals surface area contributed by atoms with Crippen LogP contribution >= 0.6 is 0 Å². The Morgan fingerprint density at radius 3 is 2.23 bits per heavy atom. The molecule has 35 heavy (non-hydrogen) atoms. The first kappa shape index (κ1) is 25.1. The molecule has 1 heterocycles. The van der Waals surface area contributed by atoms with Gasteiger partial charge in [-0.15, -0.1) is 0 Å². The summed E-state index contributed by atoms with van der Waals surface area (Å²) < 4.78 is 15.1. The Bertz CT molecular complexity index is 1270. The van der Waals surface area contributed by atoms with E-state index in [0.29, 0.717) is 22.4 Å². The van der Waals surface area contributed by atoms with E-state index >= 15 is 0 Å². The van der Waals surface area contributed by atoms with E-state index in [1.165, 1.54) is 25.2 Å². The molecule has 1 aliphatic rings. The molecule has 9 nitrogen and oxygen atoms in total. The molecule has 0 aliphatic carbocycles. The Morgan fingerprint density at radius 2 is 1.69 bits per heavy atom. The summed E-state index contributed by atoms with van der Waals surface area (Å²) in [6, 6.07) is 15.5. The maximum absolute atomic E-state index is 13.1. The highest BCUT2D eigenvalue weighted by Gasteiger charge is 2.43. The van der Waals surface area contributed by atoms with Gasteiger partial charge in [-0.05, 0) is 43.2 Å². The molecule has 0 bridgehead atoms. The molecule has 0 spiro atoms. The van der Waals surface area contributed by atoms with Crippen LogP contribution in [-0.2, 0) is 23.8 Å². The number of anilines is 1. The lowest BCUT2D eigenvalue weighted by Crippen LogP contribution is -2.41. The molecule has 2 aromatic carbocycles. The maximum Gasteiger partial charge on any atom is 0.355 e. The lowest BCUT2D eigenvalue weighted by atomic mass is 9.80. The van der Waals surface area contributed by atoms with Crippen molar-refractivity contribution in [3.63, 3.8) is 0 Å². The minimum atomic E-state index is -0.960. The Kier molecular flexibility index (Phi) is 7.56. The van der Waals surface area contributed by atoms with Crippen LogP contribution in [0, 0.1) is 18.3 Å². The first-order valence-electron chi connectivity index (χ1n) is 10.7. The highest BCUT2D eigenvalue weighted by molar-refractivity contribution is 6.06. The third kappa shape index (κ3) is 4.59. The average Bonchev–Trinajstić information content (AvgIpc) is 2.87. The molecule has 1 aliphatic heterocycles. The van der Waals surface area contributed by atoms with E-state index in [9.17, 15) is 19.6 Å². The van der Waals surface area contributed by atoms with Gasteiger partial charge in [0, 0.05) is 0 Å². The number of nitriles is 1. The molecule has 0 fully saturated rings. The summed E-state index contributed by atoms with van der Waals surface area (Å²) in [5, 5.41) is 10.1. The molecule has 2 aromatic rings. The van der Waals surface area contributed by atoms with Gasteiger partial charge in [0.25, 0.3) is 0 Å². The maximum atomic E-state index is 13.1. The number of ether oxygens (including phenoxy) is 3. The van der Waals surface area contributed by atoms with Crippen molar-refractivity contribution in [2.24, 2.45) is 5.73 Å². The minimum Gasteiger partial charge on any atom is -0.466 e. The number of methoxy groups -OCH3 is 2. The van der Waals surface area contributed by atoms with Gasteiger partial charge < -0.3 is 19.9 Å². The van der Waals surface area contributed by atoms with Gasteiger partial charge in [0.2, 0.25) is 0 Å². The van der Waals surface area contributed by atoms with E-state index < -0.39 is 23.8 Å². The predicted molar refractivity (Wildman–Crippen MR) is 127 cm³/mol. The fourth-order valence-corrected chi connectivity index (χ4v) is 4.01. The van der Waals surface area contributed by atoms with Crippen LogP contribution < -0.4 is 10.6 Å². The molecule has 0 amide bonds. The van der Waals surface area contributed by atoms with Gasteiger partial charge >= 0.3 is 17.9 Å². The Morgan fingerprint density at radius 1 is 1.03 bits per heavy atom. The summed E-state index contributed by atoms with van der Waals surface area (Å²) in [7, 11) is 2.36. The van der Waals surface area contributed by atoms with Gasteiger partial charge in [0.15, 0.2) is 0 Å². The zero-order valence-electron chi connectivity index (χ0n) is 19.8. The van der Waals surface area contributed by atoms with Crippen LogP contribution in [0.25, 0.3) is 0 Å². The van der Waals surface area contributed by atoms with Crippen molar-refractivity contribution >= 4 is 23.6 Å². The van der Waals surface area contributed by atoms with Crippen LogP contribution in [0.2, 0.25) is 0 Å². The molecule has 1 unspecified atom stereocenters. The smallest absolute Gasteiger partial charge is 0.355 e. The van der Waals surface area contributed by atoms with E-state index in [-0.39, 0.29) is 29.3 Å². The standard InChI is InChI=1S/C26H25N3O6/c1-5-35-24(30)17-11-12-19(15(2)13-17)29-22(26(32)34-4)21(25(31)33-3)20(18(14-27)23(29)28)16-9-7-6-8-10-16/h6-13,20H,5,28H2,1-4H3. The largest absolute Gasteiger partial charge is 0.466 e. The van der Waals surface area contributed by atoms with E-state index in [1.807, 2.05) is 0 Å². The average molecular weight is 476 g/mol. The highest BCUT2D eigenvalue weighted by atomic mass is 16.5. The summed E-state index contributed by atoms with van der Waals surface area (Å²) in [4.78, 5) is 39.7. The topological polar surface area (TPSA) is 132 Å². The SMILES string of the molecule is CCOC(=O)c1ccc(N2C(N)=C(C#N)C(c3ccccc3)C(C(=O)OC)=C2C(=O)OC)c(C)c1. The van der Waals surface area contributed by atoms with Crippen LogP contribution in [0.4, 0.5) is 5.69 Å². The van der Waals surface area contributed by atoms with Gasteiger partial charge in [-0.1, -0.05) is 30.3 Å². The number of carbonyl (C=O) groups is 3. The molecular formula is C26H25N3O6. The van der Waals surface area contributed by atoms with Crippen molar-refractivity contribution in [1.29, 1.82) is 5.26 Å². The molecule has 0 saturated heterocycles. The van der Waals surface area contributed by atoms with Crippen LogP contribution in [0.15, 0.2) is 71.2 Å². The summed E-state index contributed by atoms with van der Waals surface area (Å²) in [5.74, 6) is -3.19. The van der Waals surface area contributed by atoms with Gasteiger partial charge in [-0.25, -0.2) is 14.4 Å². The number of hydrogen-bond acceptors (Lipinski definition) is 9. The summed E-state index contributed by atoms with van der Waals surface area (Å²) in [6.45, 7) is 3.62. The molecule has 3 rings (SSSR count). The normalized spacial score (nSPS) is 15.4. The number of carbonyl (C=O) groups excluding carboxylic acids is 3. The van der Waals surface area contributed by atoms with E-state index in [2.05, 4.69) is 6.07 Å². The number of esters is 3. The van der Waals surface area contributed by atoms with Crippen molar-refractivity contribution in [3.8, 4) is 6.07 Å². The third-order valence-electron chi connectivity index (χ3n) is 5.56. The number of nitrogens with two attached hydrogens (primary N) is 1. The number of hydrogen-bond donors (Lipinski definition) is 1. The Labute approximate surface area is 203 Å². The molecule has 180 valence electrons.